The van der Waals surface area contributed by atoms with Crippen molar-refractivity contribution in [3.8, 4) is 0 Å². The van der Waals surface area contributed by atoms with E-state index in [1.54, 1.807) is 12.4 Å². The standard InChI is InChI=1S/C11H17N3O2/c1-8-10(13-5-4-12-8)14-6-9-7-15-11(2,3)16-9/h4-5,9H,6-7H2,1-3H3,(H,13,14). The van der Waals surface area contributed by atoms with Crippen LogP contribution in [0.2, 0.25) is 0 Å². The van der Waals surface area contributed by atoms with E-state index in [1.165, 1.54) is 0 Å². The lowest BCUT2D eigenvalue weighted by Crippen LogP contribution is -2.26. The van der Waals surface area contributed by atoms with E-state index in [0.29, 0.717) is 13.2 Å². The van der Waals surface area contributed by atoms with Gasteiger partial charge in [-0.2, -0.15) is 0 Å². The van der Waals surface area contributed by atoms with Gasteiger partial charge in [-0.25, -0.2) is 4.98 Å². The zero-order chi connectivity index (χ0) is 11.6. The van der Waals surface area contributed by atoms with Crippen molar-refractivity contribution in [3.63, 3.8) is 0 Å². The highest BCUT2D eigenvalue weighted by Gasteiger charge is 2.32. The molecule has 5 heteroatoms. The Balaban J connectivity index is 1.87. The molecule has 1 aliphatic rings. The quantitative estimate of drug-likeness (QED) is 0.838. The molecule has 1 fully saturated rings. The number of aromatic nitrogens is 2. The van der Waals surface area contributed by atoms with Crippen LogP contribution in [0.3, 0.4) is 0 Å². The van der Waals surface area contributed by atoms with Gasteiger partial charge >= 0.3 is 0 Å². The van der Waals surface area contributed by atoms with Crippen LogP contribution in [0, 0.1) is 6.92 Å². The highest BCUT2D eigenvalue weighted by molar-refractivity contribution is 5.38. The maximum absolute atomic E-state index is 5.68. The van der Waals surface area contributed by atoms with Crippen molar-refractivity contribution in [1.29, 1.82) is 0 Å². The second kappa shape index (κ2) is 4.35. The molecule has 0 saturated carbocycles. The van der Waals surface area contributed by atoms with Crippen molar-refractivity contribution in [2.75, 3.05) is 18.5 Å². The first kappa shape index (κ1) is 11.3. The summed E-state index contributed by atoms with van der Waals surface area (Å²) >= 11 is 0. The van der Waals surface area contributed by atoms with Gasteiger partial charge in [-0.3, -0.25) is 4.98 Å². The van der Waals surface area contributed by atoms with Gasteiger partial charge in [-0.15, -0.1) is 0 Å². The minimum Gasteiger partial charge on any atom is -0.366 e. The molecule has 2 heterocycles. The molecule has 0 spiro atoms. The Kier molecular flexibility index (Phi) is 3.07. The fraction of sp³-hybridized carbons (Fsp3) is 0.636. The smallest absolute Gasteiger partial charge is 0.163 e. The summed E-state index contributed by atoms with van der Waals surface area (Å²) in [5.41, 5.74) is 0.890. The lowest BCUT2D eigenvalue weighted by molar-refractivity contribution is -0.136. The van der Waals surface area contributed by atoms with Gasteiger partial charge in [0.05, 0.1) is 12.3 Å². The number of hydrogen-bond acceptors (Lipinski definition) is 5. The van der Waals surface area contributed by atoms with Crippen LogP contribution in [0.1, 0.15) is 19.5 Å². The molecule has 1 aliphatic heterocycles. The van der Waals surface area contributed by atoms with Crippen molar-refractivity contribution in [3.05, 3.63) is 18.1 Å². The van der Waals surface area contributed by atoms with Crippen LogP contribution in [0.15, 0.2) is 12.4 Å². The van der Waals surface area contributed by atoms with Crippen molar-refractivity contribution >= 4 is 5.82 Å². The minimum atomic E-state index is -0.468. The fourth-order valence-electron chi connectivity index (χ4n) is 1.66. The van der Waals surface area contributed by atoms with E-state index in [1.807, 2.05) is 20.8 Å². The fourth-order valence-corrected chi connectivity index (χ4v) is 1.66. The van der Waals surface area contributed by atoms with Crippen LogP contribution in [-0.4, -0.2) is 35.0 Å². The summed E-state index contributed by atoms with van der Waals surface area (Å²) in [6.45, 7) is 7.05. The number of ether oxygens (including phenoxy) is 2. The van der Waals surface area contributed by atoms with Gasteiger partial charge in [0.2, 0.25) is 0 Å². The highest BCUT2D eigenvalue weighted by atomic mass is 16.7. The monoisotopic (exact) mass is 223 g/mol. The third-order valence-corrected chi connectivity index (χ3v) is 2.45. The van der Waals surface area contributed by atoms with E-state index in [0.717, 1.165) is 11.5 Å². The van der Waals surface area contributed by atoms with E-state index in [4.69, 9.17) is 9.47 Å². The summed E-state index contributed by atoms with van der Waals surface area (Å²) in [6.07, 6.45) is 3.42. The zero-order valence-electron chi connectivity index (χ0n) is 9.86. The molecule has 16 heavy (non-hydrogen) atoms. The lowest BCUT2D eigenvalue weighted by atomic mass is 10.3. The van der Waals surface area contributed by atoms with Crippen molar-refractivity contribution in [2.45, 2.75) is 32.7 Å². The molecule has 1 atom stereocenters. The van der Waals surface area contributed by atoms with E-state index >= 15 is 0 Å². The Morgan fingerprint density at radius 2 is 2.19 bits per heavy atom. The molecule has 0 radical (unpaired) electrons. The largest absolute Gasteiger partial charge is 0.366 e. The third kappa shape index (κ3) is 2.68. The molecule has 0 aliphatic carbocycles. The molecule has 0 aromatic carbocycles. The molecule has 0 amide bonds. The number of nitrogens with zero attached hydrogens (tertiary/aromatic N) is 2. The number of anilines is 1. The van der Waals surface area contributed by atoms with Crippen LogP contribution >= 0.6 is 0 Å². The molecule has 5 nitrogen and oxygen atoms in total. The molecule has 1 saturated heterocycles. The molecule has 1 aromatic heterocycles. The summed E-state index contributed by atoms with van der Waals surface area (Å²) in [7, 11) is 0. The average molecular weight is 223 g/mol. The maximum atomic E-state index is 5.68. The number of nitrogens with one attached hydrogen (secondary N) is 1. The Labute approximate surface area is 95.2 Å². The normalized spacial score (nSPS) is 23.3. The van der Waals surface area contributed by atoms with Gasteiger partial charge < -0.3 is 14.8 Å². The Morgan fingerprint density at radius 1 is 1.44 bits per heavy atom. The Bertz CT molecular complexity index is 368. The van der Waals surface area contributed by atoms with Crippen LogP contribution in [-0.2, 0) is 9.47 Å². The molecular formula is C11H17N3O2. The van der Waals surface area contributed by atoms with Crippen molar-refractivity contribution < 1.29 is 9.47 Å². The Morgan fingerprint density at radius 3 is 2.81 bits per heavy atom. The van der Waals surface area contributed by atoms with E-state index < -0.39 is 5.79 Å². The lowest BCUT2D eigenvalue weighted by Gasteiger charge is -2.17. The molecule has 2 rings (SSSR count). The molecule has 1 unspecified atom stereocenters. The summed E-state index contributed by atoms with van der Waals surface area (Å²) in [5.74, 6) is 0.333. The average Bonchev–Trinajstić information content (AvgIpc) is 2.57. The van der Waals surface area contributed by atoms with E-state index in [2.05, 4.69) is 15.3 Å². The molecule has 1 N–H and O–H groups in total. The van der Waals surface area contributed by atoms with Crippen molar-refractivity contribution in [2.24, 2.45) is 0 Å². The van der Waals surface area contributed by atoms with Gasteiger partial charge in [0.25, 0.3) is 0 Å². The van der Waals surface area contributed by atoms with Gasteiger partial charge in [-0.05, 0) is 20.8 Å². The van der Waals surface area contributed by atoms with Crippen LogP contribution in [0.4, 0.5) is 5.82 Å². The summed E-state index contributed by atoms with van der Waals surface area (Å²) in [6, 6.07) is 0. The van der Waals surface area contributed by atoms with Crippen LogP contribution in [0.25, 0.3) is 0 Å². The molecule has 1 aromatic rings. The SMILES string of the molecule is Cc1nccnc1NCC1COC(C)(C)O1. The first-order valence-corrected chi connectivity index (χ1v) is 5.40. The minimum absolute atomic E-state index is 0.0661. The van der Waals surface area contributed by atoms with E-state index in [9.17, 15) is 0 Å². The van der Waals surface area contributed by atoms with Gasteiger partial charge in [-0.1, -0.05) is 0 Å². The summed E-state index contributed by atoms with van der Waals surface area (Å²) in [4.78, 5) is 8.36. The van der Waals surface area contributed by atoms with Crippen LogP contribution in [0.5, 0.6) is 0 Å². The summed E-state index contributed by atoms with van der Waals surface area (Å²) in [5, 5.41) is 3.21. The topological polar surface area (TPSA) is 56.3 Å². The number of aryl methyl sites for hydroxylation is 1. The summed E-state index contributed by atoms with van der Waals surface area (Å²) < 4.78 is 11.2. The zero-order valence-corrected chi connectivity index (χ0v) is 9.86. The van der Waals surface area contributed by atoms with Crippen molar-refractivity contribution in [1.82, 2.24) is 9.97 Å². The number of rotatable bonds is 3. The van der Waals surface area contributed by atoms with Gasteiger partial charge in [0.15, 0.2) is 5.79 Å². The second-order valence-corrected chi connectivity index (χ2v) is 4.32. The predicted molar refractivity (Wildman–Crippen MR) is 60.2 cm³/mol. The first-order chi connectivity index (χ1) is 7.57. The van der Waals surface area contributed by atoms with Crippen LogP contribution < -0.4 is 5.32 Å². The van der Waals surface area contributed by atoms with Gasteiger partial charge in [0.1, 0.15) is 11.9 Å². The van der Waals surface area contributed by atoms with E-state index in [-0.39, 0.29) is 6.10 Å². The molecular weight excluding hydrogens is 206 g/mol. The maximum Gasteiger partial charge on any atom is 0.163 e. The first-order valence-electron chi connectivity index (χ1n) is 5.40. The van der Waals surface area contributed by atoms with Gasteiger partial charge in [0, 0.05) is 18.9 Å². The third-order valence-electron chi connectivity index (χ3n) is 2.45. The molecule has 0 bridgehead atoms. The highest BCUT2D eigenvalue weighted by Crippen LogP contribution is 2.22. The number of hydrogen-bond donors (Lipinski definition) is 1. The molecule has 88 valence electrons. The predicted octanol–water partition coefficient (Wildman–Crippen LogP) is 1.35. The Hall–Kier alpha value is -1.20. The second-order valence-electron chi connectivity index (χ2n) is 4.32.